The number of ether oxygens (including phenoxy) is 3. The van der Waals surface area contributed by atoms with E-state index in [4.69, 9.17) is 14.2 Å². The van der Waals surface area contributed by atoms with Crippen molar-refractivity contribution in [3.8, 4) is 12.0 Å². The van der Waals surface area contributed by atoms with Crippen LogP contribution in [0, 0.1) is 0 Å². The first-order valence-electron chi connectivity index (χ1n) is 7.19. The summed E-state index contributed by atoms with van der Waals surface area (Å²) in [4.78, 5) is 12.6. The molecule has 0 aromatic carbocycles. The smallest absolute Gasteiger partial charge is 0.324 e. The summed E-state index contributed by atoms with van der Waals surface area (Å²) in [6.45, 7) is 6.76. The number of nitrogens with zero attached hydrogens (tertiary/aromatic N) is 3. The Morgan fingerprint density at radius 3 is 2.60 bits per heavy atom. The van der Waals surface area contributed by atoms with Crippen molar-refractivity contribution in [1.29, 1.82) is 0 Å². The normalized spacial score (nSPS) is 15.9. The Bertz CT molecular complexity index is 411. The summed E-state index contributed by atoms with van der Waals surface area (Å²) in [5.74, 6) is 0.482. The SMILES string of the molecule is CCCOc1nc(NCC)nc(OC2CCOCC2)n1. The van der Waals surface area contributed by atoms with Crippen molar-refractivity contribution in [2.24, 2.45) is 0 Å². The summed E-state index contributed by atoms with van der Waals surface area (Å²) < 4.78 is 16.6. The first kappa shape index (κ1) is 14.8. The maximum absolute atomic E-state index is 5.80. The summed E-state index contributed by atoms with van der Waals surface area (Å²) in [5, 5.41) is 3.06. The Balaban J connectivity index is 2.06. The number of hydrogen-bond acceptors (Lipinski definition) is 7. The van der Waals surface area contributed by atoms with Crippen LogP contribution in [0.15, 0.2) is 0 Å². The average Bonchev–Trinajstić information content (AvgIpc) is 2.46. The molecule has 0 amide bonds. The van der Waals surface area contributed by atoms with Crippen molar-refractivity contribution in [3.63, 3.8) is 0 Å². The molecule has 0 spiro atoms. The third-order valence-electron chi connectivity index (χ3n) is 2.80. The zero-order chi connectivity index (χ0) is 14.2. The predicted octanol–water partition coefficient (Wildman–Crippen LogP) is 1.65. The number of hydrogen-bond donors (Lipinski definition) is 1. The molecule has 0 unspecified atom stereocenters. The molecule has 2 heterocycles. The molecule has 2 rings (SSSR count). The van der Waals surface area contributed by atoms with Crippen LogP contribution in [-0.2, 0) is 4.74 Å². The van der Waals surface area contributed by atoms with Crippen molar-refractivity contribution < 1.29 is 14.2 Å². The van der Waals surface area contributed by atoms with E-state index in [0.29, 0.717) is 24.6 Å². The third kappa shape index (κ3) is 4.48. The Morgan fingerprint density at radius 2 is 1.90 bits per heavy atom. The molecule has 112 valence electrons. The third-order valence-corrected chi connectivity index (χ3v) is 2.80. The van der Waals surface area contributed by atoms with E-state index >= 15 is 0 Å². The summed E-state index contributed by atoms with van der Waals surface area (Å²) in [6.07, 6.45) is 2.71. The van der Waals surface area contributed by atoms with E-state index in [2.05, 4.69) is 20.3 Å². The molecule has 1 saturated heterocycles. The minimum Gasteiger partial charge on any atom is -0.463 e. The molecule has 0 atom stereocenters. The van der Waals surface area contributed by atoms with Crippen molar-refractivity contribution in [2.45, 2.75) is 39.2 Å². The van der Waals surface area contributed by atoms with Gasteiger partial charge in [0, 0.05) is 19.4 Å². The largest absolute Gasteiger partial charge is 0.463 e. The Morgan fingerprint density at radius 1 is 1.15 bits per heavy atom. The second kappa shape index (κ2) is 7.84. The lowest BCUT2D eigenvalue weighted by molar-refractivity contribution is 0.0213. The summed E-state index contributed by atoms with van der Waals surface area (Å²) >= 11 is 0. The number of nitrogens with one attached hydrogen (secondary N) is 1. The fraction of sp³-hybridized carbons (Fsp3) is 0.769. The van der Waals surface area contributed by atoms with Crippen LogP contribution in [0.4, 0.5) is 5.95 Å². The fourth-order valence-corrected chi connectivity index (χ4v) is 1.83. The van der Waals surface area contributed by atoms with Crippen molar-refractivity contribution in [1.82, 2.24) is 15.0 Å². The van der Waals surface area contributed by atoms with Crippen LogP contribution in [0.3, 0.4) is 0 Å². The second-order valence-corrected chi connectivity index (χ2v) is 4.53. The highest BCUT2D eigenvalue weighted by atomic mass is 16.5. The molecule has 7 nitrogen and oxygen atoms in total. The summed E-state index contributed by atoms with van der Waals surface area (Å²) in [7, 11) is 0. The highest BCUT2D eigenvalue weighted by Crippen LogP contribution is 2.18. The van der Waals surface area contributed by atoms with E-state index in [-0.39, 0.29) is 6.10 Å². The number of rotatable bonds is 7. The predicted molar refractivity (Wildman–Crippen MR) is 74.2 cm³/mol. The van der Waals surface area contributed by atoms with Crippen LogP contribution in [-0.4, -0.2) is 47.4 Å². The van der Waals surface area contributed by atoms with Gasteiger partial charge in [0.25, 0.3) is 0 Å². The highest BCUT2D eigenvalue weighted by Gasteiger charge is 2.18. The van der Waals surface area contributed by atoms with Gasteiger partial charge in [-0.1, -0.05) is 6.92 Å². The lowest BCUT2D eigenvalue weighted by atomic mass is 10.2. The zero-order valence-electron chi connectivity index (χ0n) is 12.1. The molecule has 1 N–H and O–H groups in total. The topological polar surface area (TPSA) is 78.4 Å². The van der Waals surface area contributed by atoms with Gasteiger partial charge in [0.05, 0.1) is 19.8 Å². The molecular weight excluding hydrogens is 260 g/mol. The van der Waals surface area contributed by atoms with E-state index in [0.717, 1.165) is 39.0 Å². The van der Waals surface area contributed by atoms with E-state index in [1.165, 1.54) is 0 Å². The van der Waals surface area contributed by atoms with Gasteiger partial charge >= 0.3 is 12.0 Å². The Labute approximate surface area is 119 Å². The van der Waals surface area contributed by atoms with Gasteiger partial charge in [-0.25, -0.2) is 0 Å². The number of aromatic nitrogens is 3. The van der Waals surface area contributed by atoms with Gasteiger partial charge in [-0.3, -0.25) is 0 Å². The van der Waals surface area contributed by atoms with Crippen LogP contribution in [0.5, 0.6) is 12.0 Å². The molecular formula is C13H22N4O3. The number of anilines is 1. The first-order chi connectivity index (χ1) is 9.81. The zero-order valence-corrected chi connectivity index (χ0v) is 12.1. The van der Waals surface area contributed by atoms with E-state index in [1.54, 1.807) is 0 Å². The quantitative estimate of drug-likeness (QED) is 0.814. The van der Waals surface area contributed by atoms with Gasteiger partial charge in [-0.2, -0.15) is 9.97 Å². The molecule has 20 heavy (non-hydrogen) atoms. The van der Waals surface area contributed by atoms with Gasteiger partial charge in [0.1, 0.15) is 6.10 Å². The molecule has 0 aliphatic carbocycles. The van der Waals surface area contributed by atoms with Crippen LogP contribution in [0.2, 0.25) is 0 Å². The minimum atomic E-state index is 0.0969. The van der Waals surface area contributed by atoms with Gasteiger partial charge in [0.15, 0.2) is 0 Å². The lowest BCUT2D eigenvalue weighted by Crippen LogP contribution is -2.26. The van der Waals surface area contributed by atoms with Gasteiger partial charge in [-0.15, -0.1) is 4.98 Å². The van der Waals surface area contributed by atoms with E-state index in [1.807, 2.05) is 13.8 Å². The monoisotopic (exact) mass is 282 g/mol. The Hall–Kier alpha value is -1.63. The van der Waals surface area contributed by atoms with Crippen molar-refractivity contribution in [3.05, 3.63) is 0 Å². The molecule has 0 radical (unpaired) electrons. The molecule has 1 aliphatic heterocycles. The van der Waals surface area contributed by atoms with E-state index in [9.17, 15) is 0 Å². The fourth-order valence-electron chi connectivity index (χ4n) is 1.83. The summed E-state index contributed by atoms with van der Waals surface area (Å²) in [6, 6.07) is 0.619. The van der Waals surface area contributed by atoms with Gasteiger partial charge in [0.2, 0.25) is 5.95 Å². The van der Waals surface area contributed by atoms with Crippen LogP contribution in [0.1, 0.15) is 33.1 Å². The van der Waals surface area contributed by atoms with Gasteiger partial charge in [-0.05, 0) is 13.3 Å². The van der Waals surface area contributed by atoms with Crippen LogP contribution >= 0.6 is 0 Å². The Kier molecular flexibility index (Phi) is 5.79. The van der Waals surface area contributed by atoms with Crippen LogP contribution < -0.4 is 14.8 Å². The summed E-state index contributed by atoms with van der Waals surface area (Å²) in [5.41, 5.74) is 0. The van der Waals surface area contributed by atoms with Crippen LogP contribution in [0.25, 0.3) is 0 Å². The molecule has 0 saturated carbocycles. The van der Waals surface area contributed by atoms with E-state index < -0.39 is 0 Å². The molecule has 1 aliphatic rings. The lowest BCUT2D eigenvalue weighted by Gasteiger charge is -2.22. The minimum absolute atomic E-state index is 0.0969. The maximum Gasteiger partial charge on any atom is 0.324 e. The second-order valence-electron chi connectivity index (χ2n) is 4.53. The standard InChI is InChI=1S/C13H22N4O3/c1-3-7-19-12-15-11(14-4-2)16-13(17-12)20-10-5-8-18-9-6-10/h10H,3-9H2,1-2H3,(H,14,15,16,17). The molecule has 0 bridgehead atoms. The maximum atomic E-state index is 5.80. The first-order valence-corrected chi connectivity index (χ1v) is 7.19. The molecule has 1 aromatic rings. The highest BCUT2D eigenvalue weighted by molar-refractivity contribution is 5.27. The van der Waals surface area contributed by atoms with Crippen molar-refractivity contribution >= 4 is 5.95 Å². The van der Waals surface area contributed by atoms with Gasteiger partial charge < -0.3 is 19.5 Å². The molecule has 7 heteroatoms. The average molecular weight is 282 g/mol. The molecule has 1 aromatic heterocycles. The van der Waals surface area contributed by atoms with Crippen molar-refractivity contribution in [2.75, 3.05) is 31.7 Å². The molecule has 1 fully saturated rings.